The highest BCUT2D eigenvalue weighted by molar-refractivity contribution is 7.15. The second-order valence-corrected chi connectivity index (χ2v) is 4.75. The Balaban J connectivity index is 2.10. The lowest BCUT2D eigenvalue weighted by Gasteiger charge is -2.06. The van der Waals surface area contributed by atoms with E-state index < -0.39 is 11.6 Å². The van der Waals surface area contributed by atoms with Crippen molar-refractivity contribution in [1.29, 1.82) is 0 Å². The van der Waals surface area contributed by atoms with Crippen LogP contribution in [0.15, 0.2) is 24.4 Å². The van der Waals surface area contributed by atoms with Crippen LogP contribution in [0.4, 0.5) is 14.5 Å². The molecule has 0 atom stereocenters. The van der Waals surface area contributed by atoms with Crippen molar-refractivity contribution in [2.75, 3.05) is 5.32 Å². The summed E-state index contributed by atoms with van der Waals surface area (Å²) in [6.07, 6.45) is 1.50. The molecule has 0 aliphatic heterocycles. The number of halogens is 3. The Hall–Kier alpha value is -1.20. The van der Waals surface area contributed by atoms with Gasteiger partial charge in [-0.15, -0.1) is 11.3 Å². The molecular formula is C10H7ClF2N2S. The molecule has 1 aromatic carbocycles. The predicted molar refractivity (Wildman–Crippen MR) is 60.8 cm³/mol. The van der Waals surface area contributed by atoms with Crippen molar-refractivity contribution in [2.24, 2.45) is 0 Å². The number of rotatable bonds is 3. The van der Waals surface area contributed by atoms with Gasteiger partial charge >= 0.3 is 0 Å². The van der Waals surface area contributed by atoms with Gasteiger partial charge in [0.15, 0.2) is 0 Å². The highest BCUT2D eigenvalue weighted by Gasteiger charge is 2.08. The van der Waals surface area contributed by atoms with Gasteiger partial charge in [-0.1, -0.05) is 17.7 Å². The third kappa shape index (κ3) is 2.48. The molecule has 1 aromatic heterocycles. The Labute approximate surface area is 99.9 Å². The summed E-state index contributed by atoms with van der Waals surface area (Å²) in [5, 5.41) is 3.32. The van der Waals surface area contributed by atoms with Gasteiger partial charge < -0.3 is 5.32 Å². The summed E-state index contributed by atoms with van der Waals surface area (Å²) < 4.78 is 27.0. The van der Waals surface area contributed by atoms with Crippen LogP contribution in [0.25, 0.3) is 0 Å². The Kier molecular flexibility index (Phi) is 3.36. The molecule has 1 heterocycles. The van der Waals surface area contributed by atoms with Gasteiger partial charge in [0.2, 0.25) is 0 Å². The van der Waals surface area contributed by atoms with Gasteiger partial charge in [-0.2, -0.15) is 0 Å². The van der Waals surface area contributed by atoms with Gasteiger partial charge in [0, 0.05) is 0 Å². The SMILES string of the molecule is Fc1cccc(F)c1NCc1ncc(Cl)s1. The first kappa shape index (κ1) is 11.3. The molecule has 0 saturated heterocycles. The largest absolute Gasteiger partial charge is 0.374 e. The average Bonchev–Trinajstić information content (AvgIpc) is 2.63. The molecule has 0 aliphatic carbocycles. The number of hydrogen-bond acceptors (Lipinski definition) is 3. The van der Waals surface area contributed by atoms with Crippen LogP contribution >= 0.6 is 22.9 Å². The minimum Gasteiger partial charge on any atom is -0.374 e. The molecule has 16 heavy (non-hydrogen) atoms. The summed E-state index contributed by atoms with van der Waals surface area (Å²) in [4.78, 5) is 3.97. The Bertz CT molecular complexity index is 481. The molecule has 0 radical (unpaired) electrons. The zero-order chi connectivity index (χ0) is 11.5. The lowest BCUT2D eigenvalue weighted by Crippen LogP contribution is -2.03. The van der Waals surface area contributed by atoms with E-state index in [1.807, 2.05) is 0 Å². The van der Waals surface area contributed by atoms with Crippen molar-refractivity contribution < 1.29 is 8.78 Å². The lowest BCUT2D eigenvalue weighted by atomic mass is 10.3. The van der Waals surface area contributed by atoms with Crippen molar-refractivity contribution in [2.45, 2.75) is 6.54 Å². The van der Waals surface area contributed by atoms with E-state index in [2.05, 4.69) is 10.3 Å². The Morgan fingerprint density at radius 3 is 2.56 bits per heavy atom. The molecule has 6 heteroatoms. The molecule has 0 fully saturated rings. The standard InChI is InChI=1S/C10H7ClF2N2S/c11-8-4-14-9(16-8)5-15-10-6(12)2-1-3-7(10)13/h1-4,15H,5H2. The van der Waals surface area contributed by atoms with E-state index >= 15 is 0 Å². The van der Waals surface area contributed by atoms with Crippen LogP contribution in [0.1, 0.15) is 5.01 Å². The van der Waals surface area contributed by atoms with Gasteiger partial charge in [-0.25, -0.2) is 13.8 Å². The molecular weight excluding hydrogens is 254 g/mol. The van der Waals surface area contributed by atoms with E-state index in [0.717, 1.165) is 0 Å². The molecule has 2 rings (SSSR count). The maximum absolute atomic E-state index is 13.2. The molecule has 84 valence electrons. The number of anilines is 1. The van der Waals surface area contributed by atoms with Gasteiger partial charge in [0.05, 0.1) is 12.7 Å². The van der Waals surface area contributed by atoms with E-state index in [0.29, 0.717) is 9.34 Å². The molecule has 0 saturated carbocycles. The summed E-state index contributed by atoms with van der Waals surface area (Å²) in [6, 6.07) is 3.70. The van der Waals surface area contributed by atoms with Crippen LogP contribution in [-0.4, -0.2) is 4.98 Å². The van der Waals surface area contributed by atoms with Crippen LogP contribution in [0.5, 0.6) is 0 Å². The van der Waals surface area contributed by atoms with Crippen molar-refractivity contribution in [3.8, 4) is 0 Å². The second kappa shape index (κ2) is 4.76. The number of hydrogen-bond donors (Lipinski definition) is 1. The molecule has 0 unspecified atom stereocenters. The van der Waals surface area contributed by atoms with Crippen molar-refractivity contribution in [3.63, 3.8) is 0 Å². The average molecular weight is 261 g/mol. The monoisotopic (exact) mass is 260 g/mol. The van der Waals surface area contributed by atoms with E-state index in [-0.39, 0.29) is 12.2 Å². The minimum absolute atomic E-state index is 0.145. The Morgan fingerprint density at radius 2 is 2.00 bits per heavy atom. The fourth-order valence-electron chi connectivity index (χ4n) is 1.20. The topological polar surface area (TPSA) is 24.9 Å². The molecule has 0 aliphatic rings. The van der Waals surface area contributed by atoms with E-state index in [4.69, 9.17) is 11.6 Å². The summed E-state index contributed by atoms with van der Waals surface area (Å²) >= 11 is 6.95. The third-order valence-corrected chi connectivity index (χ3v) is 3.02. The van der Waals surface area contributed by atoms with Crippen LogP contribution in [0.2, 0.25) is 4.34 Å². The zero-order valence-electron chi connectivity index (χ0n) is 8.01. The van der Waals surface area contributed by atoms with E-state index in [1.165, 1.54) is 35.7 Å². The summed E-state index contributed by atoms with van der Waals surface area (Å²) in [5.41, 5.74) is -0.145. The van der Waals surface area contributed by atoms with Crippen LogP contribution in [0.3, 0.4) is 0 Å². The smallest absolute Gasteiger partial charge is 0.149 e. The molecule has 0 amide bonds. The first-order valence-corrected chi connectivity index (χ1v) is 5.64. The van der Waals surface area contributed by atoms with E-state index in [9.17, 15) is 8.78 Å². The van der Waals surface area contributed by atoms with Gasteiger partial charge in [-0.3, -0.25) is 0 Å². The molecule has 0 spiro atoms. The Morgan fingerprint density at radius 1 is 1.31 bits per heavy atom. The molecule has 1 N–H and O–H groups in total. The highest BCUT2D eigenvalue weighted by atomic mass is 35.5. The highest BCUT2D eigenvalue weighted by Crippen LogP contribution is 2.22. The molecule has 2 aromatic rings. The maximum Gasteiger partial charge on any atom is 0.149 e. The number of thiazole rings is 1. The number of nitrogens with zero attached hydrogens (tertiary/aromatic N) is 1. The quantitative estimate of drug-likeness (QED) is 0.910. The van der Waals surface area contributed by atoms with Crippen LogP contribution < -0.4 is 5.32 Å². The predicted octanol–water partition coefficient (Wildman–Crippen LogP) is 3.69. The maximum atomic E-state index is 13.2. The normalized spacial score (nSPS) is 10.4. The summed E-state index contributed by atoms with van der Waals surface area (Å²) in [7, 11) is 0. The summed E-state index contributed by atoms with van der Waals surface area (Å²) in [6.45, 7) is 0.245. The number of para-hydroxylation sites is 1. The first-order valence-electron chi connectivity index (χ1n) is 4.45. The van der Waals surface area contributed by atoms with Gasteiger partial charge in [-0.05, 0) is 12.1 Å². The van der Waals surface area contributed by atoms with Gasteiger partial charge in [0.1, 0.15) is 26.7 Å². The molecule has 0 bridgehead atoms. The van der Waals surface area contributed by atoms with Crippen LogP contribution in [0, 0.1) is 11.6 Å². The van der Waals surface area contributed by atoms with Crippen molar-refractivity contribution >= 4 is 28.6 Å². The number of nitrogens with one attached hydrogen (secondary N) is 1. The van der Waals surface area contributed by atoms with Crippen molar-refractivity contribution in [1.82, 2.24) is 4.98 Å². The van der Waals surface area contributed by atoms with Crippen molar-refractivity contribution in [3.05, 3.63) is 45.4 Å². The fourth-order valence-corrected chi connectivity index (χ4v) is 2.10. The third-order valence-electron chi connectivity index (χ3n) is 1.90. The fraction of sp³-hybridized carbons (Fsp3) is 0.100. The second-order valence-electron chi connectivity index (χ2n) is 3.01. The molecule has 2 nitrogen and oxygen atoms in total. The minimum atomic E-state index is -0.623. The zero-order valence-corrected chi connectivity index (χ0v) is 9.58. The number of benzene rings is 1. The van der Waals surface area contributed by atoms with Crippen LogP contribution in [-0.2, 0) is 6.54 Å². The summed E-state index contributed by atoms with van der Waals surface area (Å²) in [5.74, 6) is -1.25. The lowest BCUT2D eigenvalue weighted by molar-refractivity contribution is 0.588. The van der Waals surface area contributed by atoms with E-state index in [1.54, 1.807) is 0 Å². The van der Waals surface area contributed by atoms with Gasteiger partial charge in [0.25, 0.3) is 0 Å². The first-order chi connectivity index (χ1) is 7.66. The number of aromatic nitrogens is 1.